The monoisotopic (exact) mass is 294 g/mol. The molecule has 7 atom stereocenters. The fourth-order valence-electron chi connectivity index (χ4n) is 5.62. The number of carbonyl (C=O) groups excluding carboxylic acids is 1. The summed E-state index contributed by atoms with van der Waals surface area (Å²) >= 11 is 0. The van der Waals surface area contributed by atoms with Crippen molar-refractivity contribution in [1.82, 2.24) is 0 Å². The van der Waals surface area contributed by atoms with Crippen LogP contribution in [0.2, 0.25) is 0 Å². The van der Waals surface area contributed by atoms with Crippen LogP contribution in [0.4, 0.5) is 0 Å². The van der Waals surface area contributed by atoms with Gasteiger partial charge >= 0.3 is 5.97 Å². The van der Waals surface area contributed by atoms with Gasteiger partial charge in [-0.2, -0.15) is 0 Å². The predicted octanol–water partition coefficient (Wildman–Crippen LogP) is 2.69. The first-order valence-electron chi connectivity index (χ1n) is 8.30. The van der Waals surface area contributed by atoms with Crippen molar-refractivity contribution in [3.8, 4) is 0 Å². The summed E-state index contributed by atoms with van der Waals surface area (Å²) in [6, 6.07) is 0. The third kappa shape index (κ3) is 1.51. The molecular formula is C17H26O4. The molecule has 0 N–H and O–H groups in total. The average Bonchev–Trinajstić information content (AvgIpc) is 3.16. The van der Waals surface area contributed by atoms with Gasteiger partial charge in [0.15, 0.2) is 0 Å². The molecule has 2 bridgehead atoms. The fourth-order valence-corrected chi connectivity index (χ4v) is 5.62. The van der Waals surface area contributed by atoms with Gasteiger partial charge in [-0.25, -0.2) is 0 Å². The van der Waals surface area contributed by atoms with Crippen molar-refractivity contribution in [2.75, 3.05) is 6.61 Å². The molecule has 4 aliphatic rings. The Labute approximate surface area is 126 Å². The zero-order chi connectivity index (χ0) is 15.0. The predicted molar refractivity (Wildman–Crippen MR) is 76.7 cm³/mol. The highest BCUT2D eigenvalue weighted by Gasteiger charge is 2.81. The number of carbonyl (C=O) groups is 1. The van der Waals surface area contributed by atoms with E-state index in [2.05, 4.69) is 20.8 Å². The second-order valence-corrected chi connectivity index (χ2v) is 8.12. The minimum atomic E-state index is -0.209. The highest BCUT2D eigenvalue weighted by molar-refractivity contribution is 5.66. The normalized spacial score (nSPS) is 57.9. The Kier molecular flexibility index (Phi) is 2.68. The summed E-state index contributed by atoms with van der Waals surface area (Å²) in [5.74, 6) is 0.529. The van der Waals surface area contributed by atoms with Gasteiger partial charge in [-0.15, -0.1) is 0 Å². The Morgan fingerprint density at radius 1 is 1.24 bits per heavy atom. The quantitative estimate of drug-likeness (QED) is 0.551. The molecule has 2 saturated heterocycles. The van der Waals surface area contributed by atoms with Crippen LogP contribution in [0.5, 0.6) is 0 Å². The first kappa shape index (κ1) is 14.0. The molecule has 21 heavy (non-hydrogen) atoms. The topological polar surface area (TPSA) is 48.1 Å². The minimum Gasteiger partial charge on any atom is -0.462 e. The van der Waals surface area contributed by atoms with Crippen LogP contribution >= 0.6 is 0 Å². The van der Waals surface area contributed by atoms with E-state index in [-0.39, 0.29) is 40.7 Å². The summed E-state index contributed by atoms with van der Waals surface area (Å²) in [7, 11) is 0. The Hall–Kier alpha value is -0.610. The van der Waals surface area contributed by atoms with Gasteiger partial charge in [-0.3, -0.25) is 4.79 Å². The molecule has 0 radical (unpaired) electrons. The van der Waals surface area contributed by atoms with Gasteiger partial charge in [0, 0.05) is 24.2 Å². The van der Waals surface area contributed by atoms with E-state index in [1.807, 2.05) is 0 Å². The summed E-state index contributed by atoms with van der Waals surface area (Å²) in [5, 5.41) is 0. The molecule has 2 heterocycles. The number of fused-ring (bicyclic) bond motifs is 2. The summed E-state index contributed by atoms with van der Waals surface area (Å²) in [6.07, 6.45) is 4.54. The molecule has 118 valence electrons. The molecule has 0 amide bonds. The van der Waals surface area contributed by atoms with Crippen LogP contribution in [0.25, 0.3) is 0 Å². The van der Waals surface area contributed by atoms with Gasteiger partial charge in [0.1, 0.15) is 11.7 Å². The van der Waals surface area contributed by atoms with E-state index in [0.717, 1.165) is 25.9 Å². The van der Waals surface area contributed by atoms with E-state index < -0.39 is 0 Å². The SMILES string of the molecule is CC(=O)O[C@@H]1C[C@H]2O[C@@H]3C[C@H](C)CC[C@]3(C)[C@]1(C)C21CO1. The van der Waals surface area contributed by atoms with E-state index >= 15 is 0 Å². The van der Waals surface area contributed by atoms with E-state index in [4.69, 9.17) is 14.2 Å². The van der Waals surface area contributed by atoms with Crippen molar-refractivity contribution in [3.63, 3.8) is 0 Å². The lowest BCUT2D eigenvalue weighted by atomic mass is 9.50. The molecule has 0 aromatic carbocycles. The lowest BCUT2D eigenvalue weighted by Gasteiger charge is -2.59. The Morgan fingerprint density at radius 2 is 1.95 bits per heavy atom. The average molecular weight is 294 g/mol. The third-order valence-electron chi connectivity index (χ3n) is 7.23. The van der Waals surface area contributed by atoms with Crippen molar-refractivity contribution in [2.24, 2.45) is 16.7 Å². The molecule has 2 aliphatic carbocycles. The summed E-state index contributed by atoms with van der Waals surface area (Å²) in [4.78, 5) is 11.6. The lowest BCUT2D eigenvalue weighted by Crippen LogP contribution is -2.64. The highest BCUT2D eigenvalue weighted by Crippen LogP contribution is 2.72. The van der Waals surface area contributed by atoms with Gasteiger partial charge in [0.2, 0.25) is 0 Å². The molecule has 4 heteroatoms. The van der Waals surface area contributed by atoms with Crippen LogP contribution in [0.3, 0.4) is 0 Å². The molecule has 2 aliphatic heterocycles. The van der Waals surface area contributed by atoms with Gasteiger partial charge in [-0.05, 0) is 25.2 Å². The zero-order valence-corrected chi connectivity index (χ0v) is 13.5. The van der Waals surface area contributed by atoms with Crippen LogP contribution in [0.15, 0.2) is 0 Å². The molecule has 1 unspecified atom stereocenters. The maximum Gasteiger partial charge on any atom is 0.302 e. The van der Waals surface area contributed by atoms with Gasteiger partial charge in [-0.1, -0.05) is 20.8 Å². The summed E-state index contributed by atoms with van der Waals surface area (Å²) in [6.45, 7) is 9.21. The van der Waals surface area contributed by atoms with Crippen molar-refractivity contribution in [2.45, 2.75) is 77.3 Å². The second-order valence-electron chi connectivity index (χ2n) is 8.12. The van der Waals surface area contributed by atoms with Crippen molar-refractivity contribution in [3.05, 3.63) is 0 Å². The summed E-state index contributed by atoms with van der Waals surface area (Å²) in [5.41, 5.74) is -0.304. The largest absolute Gasteiger partial charge is 0.462 e. The maximum atomic E-state index is 11.6. The van der Waals surface area contributed by atoms with Crippen LogP contribution in [0, 0.1) is 16.7 Å². The van der Waals surface area contributed by atoms with E-state index in [1.54, 1.807) is 0 Å². The van der Waals surface area contributed by atoms with Crippen molar-refractivity contribution < 1.29 is 19.0 Å². The third-order valence-corrected chi connectivity index (χ3v) is 7.23. The first-order chi connectivity index (χ1) is 9.83. The summed E-state index contributed by atoms with van der Waals surface area (Å²) < 4.78 is 18.2. The Balaban J connectivity index is 1.77. The minimum absolute atomic E-state index is 0.0309. The van der Waals surface area contributed by atoms with Crippen molar-refractivity contribution >= 4 is 5.97 Å². The van der Waals surface area contributed by atoms with E-state index in [9.17, 15) is 4.79 Å². The first-order valence-corrected chi connectivity index (χ1v) is 8.30. The second kappa shape index (κ2) is 4.02. The molecule has 1 spiro atoms. The smallest absolute Gasteiger partial charge is 0.302 e. The van der Waals surface area contributed by atoms with E-state index in [0.29, 0.717) is 5.92 Å². The van der Waals surface area contributed by atoms with Crippen LogP contribution < -0.4 is 0 Å². The van der Waals surface area contributed by atoms with Crippen molar-refractivity contribution in [1.29, 1.82) is 0 Å². The Morgan fingerprint density at radius 3 is 2.57 bits per heavy atom. The molecule has 4 rings (SSSR count). The van der Waals surface area contributed by atoms with Crippen LogP contribution in [-0.4, -0.2) is 36.5 Å². The molecule has 2 saturated carbocycles. The zero-order valence-electron chi connectivity index (χ0n) is 13.5. The highest BCUT2D eigenvalue weighted by atomic mass is 16.6. The molecular weight excluding hydrogens is 268 g/mol. The number of hydrogen-bond acceptors (Lipinski definition) is 4. The van der Waals surface area contributed by atoms with Crippen LogP contribution in [0.1, 0.15) is 53.4 Å². The number of ether oxygens (including phenoxy) is 3. The van der Waals surface area contributed by atoms with Crippen LogP contribution in [-0.2, 0) is 19.0 Å². The van der Waals surface area contributed by atoms with Gasteiger partial charge in [0.25, 0.3) is 0 Å². The van der Waals surface area contributed by atoms with Gasteiger partial charge in [0.05, 0.1) is 18.8 Å². The van der Waals surface area contributed by atoms with E-state index in [1.165, 1.54) is 13.3 Å². The Bertz CT molecular complexity index is 485. The molecule has 0 aromatic rings. The number of esters is 1. The maximum absolute atomic E-state index is 11.6. The van der Waals surface area contributed by atoms with Gasteiger partial charge < -0.3 is 14.2 Å². The fraction of sp³-hybridized carbons (Fsp3) is 0.941. The standard InChI is InChI=1S/C17H26O4/c1-10-5-6-15(3)12(7-10)21-14-8-13(20-11(2)18)16(15,4)17(14)9-19-17/h10,12-14H,5-9H2,1-4H3/t10-,12-,13-,14-,15+,16-,17?/m1/s1. The number of epoxide rings is 1. The number of hydrogen-bond donors (Lipinski definition) is 0. The molecule has 4 nitrogen and oxygen atoms in total. The lowest BCUT2D eigenvalue weighted by molar-refractivity contribution is -0.235. The number of rotatable bonds is 1. The molecule has 0 aromatic heterocycles. The molecule has 4 fully saturated rings.